The summed E-state index contributed by atoms with van der Waals surface area (Å²) in [7, 11) is 5.02. The first-order valence-electron chi connectivity index (χ1n) is 9.76. The number of carbonyl (C=O) groups excluding carboxylic acids is 1. The first-order valence-corrected chi connectivity index (χ1v) is 10.7. The Morgan fingerprint density at radius 1 is 1.10 bits per heavy atom. The lowest BCUT2D eigenvalue weighted by molar-refractivity contribution is -0.113. The molecule has 3 rings (SSSR count). The standard InChI is InChI=1S/C22H27N5O3S/c1-14-7-6-8-15(2)21(14)23-12-19-25-26-22(27(19)3)31-13-20(28)24-17-11-16(29-4)9-10-18(17)30-5/h6-11,23H,12-13H2,1-5H3,(H,24,28). The number of rotatable bonds is 9. The van der Waals surface area contributed by atoms with Gasteiger partial charge < -0.3 is 24.7 Å². The van der Waals surface area contributed by atoms with Crippen LogP contribution >= 0.6 is 11.8 Å². The van der Waals surface area contributed by atoms with E-state index in [1.807, 2.05) is 17.7 Å². The molecule has 2 N–H and O–H groups in total. The van der Waals surface area contributed by atoms with Crippen LogP contribution in [0.25, 0.3) is 0 Å². The second-order valence-corrected chi connectivity index (χ2v) is 7.92. The Morgan fingerprint density at radius 3 is 2.52 bits per heavy atom. The molecule has 0 saturated carbocycles. The van der Waals surface area contributed by atoms with E-state index in [1.54, 1.807) is 32.4 Å². The Kier molecular flexibility index (Phi) is 7.41. The van der Waals surface area contributed by atoms with E-state index < -0.39 is 0 Å². The Balaban J connectivity index is 1.59. The number of para-hydroxylation sites is 1. The van der Waals surface area contributed by atoms with Crippen LogP contribution in [0.4, 0.5) is 11.4 Å². The minimum atomic E-state index is -0.172. The van der Waals surface area contributed by atoms with Gasteiger partial charge in [0.15, 0.2) is 11.0 Å². The maximum Gasteiger partial charge on any atom is 0.234 e. The van der Waals surface area contributed by atoms with Crippen molar-refractivity contribution in [3.05, 3.63) is 53.3 Å². The molecular formula is C22H27N5O3S. The normalized spacial score (nSPS) is 10.6. The van der Waals surface area contributed by atoms with Gasteiger partial charge in [0.05, 0.1) is 32.2 Å². The lowest BCUT2D eigenvalue weighted by Crippen LogP contribution is -2.15. The van der Waals surface area contributed by atoms with Gasteiger partial charge in [-0.05, 0) is 37.1 Å². The molecule has 0 aliphatic carbocycles. The first kappa shape index (κ1) is 22.5. The van der Waals surface area contributed by atoms with Crippen LogP contribution in [-0.2, 0) is 18.4 Å². The summed E-state index contributed by atoms with van der Waals surface area (Å²) in [4.78, 5) is 12.5. The molecule has 0 spiro atoms. The zero-order valence-corrected chi connectivity index (χ0v) is 19.2. The summed E-state index contributed by atoms with van der Waals surface area (Å²) in [6.07, 6.45) is 0. The Hall–Kier alpha value is -3.20. The highest BCUT2D eigenvalue weighted by Crippen LogP contribution is 2.29. The van der Waals surface area contributed by atoms with Crippen LogP contribution in [-0.4, -0.2) is 40.6 Å². The lowest BCUT2D eigenvalue weighted by Gasteiger charge is -2.12. The number of aromatic nitrogens is 3. The van der Waals surface area contributed by atoms with Crippen molar-refractivity contribution in [2.24, 2.45) is 7.05 Å². The number of aryl methyl sites for hydroxylation is 2. The van der Waals surface area contributed by atoms with Gasteiger partial charge in [-0.15, -0.1) is 10.2 Å². The first-order chi connectivity index (χ1) is 14.9. The Morgan fingerprint density at radius 2 is 1.84 bits per heavy atom. The van der Waals surface area contributed by atoms with E-state index >= 15 is 0 Å². The van der Waals surface area contributed by atoms with Crippen LogP contribution in [0.15, 0.2) is 41.6 Å². The highest BCUT2D eigenvalue weighted by molar-refractivity contribution is 7.99. The van der Waals surface area contributed by atoms with E-state index in [0.717, 1.165) is 11.5 Å². The molecule has 9 heteroatoms. The number of benzene rings is 2. The fourth-order valence-corrected chi connectivity index (χ4v) is 3.84. The van der Waals surface area contributed by atoms with Crippen LogP contribution < -0.4 is 20.1 Å². The van der Waals surface area contributed by atoms with E-state index in [2.05, 4.69) is 46.8 Å². The number of ether oxygens (including phenoxy) is 2. The van der Waals surface area contributed by atoms with Crippen molar-refractivity contribution in [2.45, 2.75) is 25.5 Å². The Bertz CT molecular complexity index is 1050. The molecule has 0 aliphatic rings. The van der Waals surface area contributed by atoms with Gasteiger partial charge in [0, 0.05) is 18.8 Å². The number of methoxy groups -OCH3 is 2. The molecule has 0 unspecified atom stereocenters. The molecule has 2 aromatic carbocycles. The molecule has 164 valence electrons. The molecule has 0 bridgehead atoms. The third kappa shape index (κ3) is 5.49. The molecule has 0 radical (unpaired) electrons. The number of hydrogen-bond acceptors (Lipinski definition) is 7. The molecule has 1 amide bonds. The summed E-state index contributed by atoms with van der Waals surface area (Å²) in [5.74, 6) is 2.02. The molecule has 0 fully saturated rings. The summed E-state index contributed by atoms with van der Waals surface area (Å²) < 4.78 is 12.4. The number of nitrogens with one attached hydrogen (secondary N) is 2. The Labute approximate surface area is 186 Å². The van der Waals surface area contributed by atoms with Crippen molar-refractivity contribution in [2.75, 3.05) is 30.6 Å². The van der Waals surface area contributed by atoms with Gasteiger partial charge in [0.1, 0.15) is 11.5 Å². The van der Waals surface area contributed by atoms with Gasteiger partial charge in [0.2, 0.25) is 5.91 Å². The summed E-state index contributed by atoms with van der Waals surface area (Å²) in [5.41, 5.74) is 4.03. The van der Waals surface area contributed by atoms with E-state index in [0.29, 0.717) is 28.9 Å². The second kappa shape index (κ2) is 10.2. The van der Waals surface area contributed by atoms with Crippen LogP contribution in [0, 0.1) is 13.8 Å². The quantitative estimate of drug-likeness (QED) is 0.488. The lowest BCUT2D eigenvalue weighted by atomic mass is 10.1. The predicted molar refractivity (Wildman–Crippen MR) is 123 cm³/mol. The van der Waals surface area contributed by atoms with Crippen molar-refractivity contribution in [1.29, 1.82) is 0 Å². The molecule has 0 aliphatic heterocycles. The predicted octanol–water partition coefficient (Wildman–Crippen LogP) is 3.79. The van der Waals surface area contributed by atoms with E-state index in [9.17, 15) is 4.79 Å². The monoisotopic (exact) mass is 441 g/mol. The summed E-state index contributed by atoms with van der Waals surface area (Å²) >= 11 is 1.32. The number of hydrogen-bond donors (Lipinski definition) is 2. The zero-order valence-electron chi connectivity index (χ0n) is 18.4. The van der Waals surface area contributed by atoms with E-state index in [-0.39, 0.29) is 11.7 Å². The smallest absolute Gasteiger partial charge is 0.234 e. The summed E-state index contributed by atoms with van der Waals surface area (Å²) in [5, 5.41) is 15.5. The van der Waals surface area contributed by atoms with Crippen LogP contribution in [0.5, 0.6) is 11.5 Å². The van der Waals surface area contributed by atoms with Gasteiger partial charge in [-0.2, -0.15) is 0 Å². The summed E-state index contributed by atoms with van der Waals surface area (Å²) in [6.45, 7) is 4.69. The zero-order chi connectivity index (χ0) is 22.4. The third-order valence-electron chi connectivity index (χ3n) is 4.84. The maximum atomic E-state index is 12.5. The van der Waals surface area contributed by atoms with Gasteiger partial charge in [-0.25, -0.2) is 0 Å². The fraction of sp³-hybridized carbons (Fsp3) is 0.318. The molecule has 1 heterocycles. The highest BCUT2D eigenvalue weighted by atomic mass is 32.2. The maximum absolute atomic E-state index is 12.5. The number of thioether (sulfide) groups is 1. The minimum absolute atomic E-state index is 0.172. The second-order valence-electron chi connectivity index (χ2n) is 6.98. The van der Waals surface area contributed by atoms with Crippen molar-refractivity contribution in [3.63, 3.8) is 0 Å². The fourth-order valence-electron chi connectivity index (χ4n) is 3.11. The average Bonchev–Trinajstić information content (AvgIpc) is 3.11. The molecular weight excluding hydrogens is 414 g/mol. The number of amides is 1. The summed E-state index contributed by atoms with van der Waals surface area (Å²) in [6, 6.07) is 11.4. The van der Waals surface area contributed by atoms with Crippen LogP contribution in [0.2, 0.25) is 0 Å². The van der Waals surface area contributed by atoms with Crippen molar-refractivity contribution in [1.82, 2.24) is 14.8 Å². The average molecular weight is 442 g/mol. The number of nitrogens with zero attached hydrogens (tertiary/aromatic N) is 3. The molecule has 31 heavy (non-hydrogen) atoms. The molecule has 0 saturated heterocycles. The van der Waals surface area contributed by atoms with Crippen molar-refractivity contribution >= 4 is 29.0 Å². The molecule has 0 atom stereocenters. The topological polar surface area (TPSA) is 90.3 Å². The van der Waals surface area contributed by atoms with E-state index in [4.69, 9.17) is 9.47 Å². The van der Waals surface area contributed by atoms with Crippen LogP contribution in [0.3, 0.4) is 0 Å². The molecule has 3 aromatic rings. The van der Waals surface area contributed by atoms with Gasteiger partial charge in [0.25, 0.3) is 0 Å². The van der Waals surface area contributed by atoms with Crippen LogP contribution in [0.1, 0.15) is 17.0 Å². The van der Waals surface area contributed by atoms with Gasteiger partial charge >= 0.3 is 0 Å². The SMILES string of the molecule is COc1ccc(OC)c(NC(=O)CSc2nnc(CNc3c(C)cccc3C)n2C)c1. The van der Waals surface area contributed by atoms with Gasteiger partial charge in [-0.3, -0.25) is 4.79 Å². The largest absolute Gasteiger partial charge is 0.497 e. The van der Waals surface area contributed by atoms with E-state index in [1.165, 1.54) is 22.9 Å². The van der Waals surface area contributed by atoms with Crippen molar-refractivity contribution < 1.29 is 14.3 Å². The van der Waals surface area contributed by atoms with Gasteiger partial charge in [-0.1, -0.05) is 30.0 Å². The minimum Gasteiger partial charge on any atom is -0.497 e. The van der Waals surface area contributed by atoms with Crippen molar-refractivity contribution in [3.8, 4) is 11.5 Å². The molecule has 1 aromatic heterocycles. The number of carbonyl (C=O) groups is 1. The highest BCUT2D eigenvalue weighted by Gasteiger charge is 2.14. The molecule has 8 nitrogen and oxygen atoms in total. The number of anilines is 2. The third-order valence-corrected chi connectivity index (χ3v) is 5.86.